The Morgan fingerprint density at radius 2 is 2.10 bits per heavy atom. The Bertz CT molecular complexity index is 449. The predicted octanol–water partition coefficient (Wildman–Crippen LogP) is 2.21. The smallest absolute Gasteiger partial charge is 0.251 e. The van der Waals surface area contributed by atoms with E-state index in [2.05, 4.69) is 17.6 Å². The van der Waals surface area contributed by atoms with Crippen LogP contribution < -0.4 is 10.6 Å². The number of rotatable bonds is 9. The van der Waals surface area contributed by atoms with Crippen LogP contribution in [0.1, 0.15) is 29.3 Å². The average molecular weight is 294 g/mol. The molecular weight excluding hydrogens is 268 g/mol. The van der Waals surface area contributed by atoms with Crippen molar-refractivity contribution >= 4 is 11.6 Å². The molecule has 1 atom stereocenters. The molecule has 1 rings (SSSR count). The van der Waals surface area contributed by atoms with Crippen LogP contribution in [0.5, 0.6) is 0 Å². The first-order chi connectivity index (χ1) is 10.1. The molecule has 0 bridgehead atoms. The third-order valence-corrected chi connectivity index (χ3v) is 3.23. The number of hydrogen-bond acceptors (Lipinski definition) is 4. The van der Waals surface area contributed by atoms with E-state index in [1.807, 2.05) is 25.1 Å². The fraction of sp³-hybridized carbons (Fsp3) is 0.562. The quantitative estimate of drug-likeness (QED) is 0.733. The van der Waals surface area contributed by atoms with Crippen LogP contribution in [0.2, 0.25) is 0 Å². The van der Waals surface area contributed by atoms with Crippen LogP contribution in [0.4, 0.5) is 5.69 Å². The summed E-state index contributed by atoms with van der Waals surface area (Å²) in [4.78, 5) is 12.1. The third-order valence-electron chi connectivity index (χ3n) is 3.23. The van der Waals surface area contributed by atoms with Gasteiger partial charge in [-0.25, -0.2) is 0 Å². The van der Waals surface area contributed by atoms with Crippen molar-refractivity contribution in [1.29, 1.82) is 0 Å². The van der Waals surface area contributed by atoms with Crippen LogP contribution in [-0.4, -0.2) is 45.9 Å². The first kappa shape index (κ1) is 17.5. The van der Waals surface area contributed by atoms with Crippen molar-refractivity contribution in [1.82, 2.24) is 5.32 Å². The van der Waals surface area contributed by atoms with Crippen LogP contribution in [0.15, 0.2) is 18.2 Å². The van der Waals surface area contributed by atoms with E-state index in [1.54, 1.807) is 14.2 Å². The topological polar surface area (TPSA) is 59.6 Å². The van der Waals surface area contributed by atoms with E-state index < -0.39 is 0 Å². The third kappa shape index (κ3) is 5.73. The maximum atomic E-state index is 12.1. The molecule has 21 heavy (non-hydrogen) atoms. The molecule has 118 valence electrons. The highest BCUT2D eigenvalue weighted by atomic mass is 16.5. The number of amides is 1. The molecule has 0 aromatic heterocycles. The van der Waals surface area contributed by atoms with E-state index in [0.717, 1.165) is 24.2 Å². The number of ether oxygens (including phenoxy) is 2. The zero-order valence-corrected chi connectivity index (χ0v) is 13.4. The largest absolute Gasteiger partial charge is 0.385 e. The first-order valence-corrected chi connectivity index (χ1v) is 7.26. The Balaban J connectivity index is 2.60. The number of aryl methyl sites for hydroxylation is 1. The second-order valence-corrected chi connectivity index (χ2v) is 4.98. The van der Waals surface area contributed by atoms with Gasteiger partial charge in [0.25, 0.3) is 5.91 Å². The summed E-state index contributed by atoms with van der Waals surface area (Å²) in [5.41, 5.74) is 2.79. The van der Waals surface area contributed by atoms with Crippen molar-refractivity contribution in [3.05, 3.63) is 29.3 Å². The fourth-order valence-electron chi connectivity index (χ4n) is 1.97. The zero-order valence-electron chi connectivity index (χ0n) is 13.4. The molecule has 0 saturated carbocycles. The van der Waals surface area contributed by atoms with E-state index in [4.69, 9.17) is 9.47 Å². The second kappa shape index (κ2) is 9.37. The molecular formula is C16H26N2O3. The van der Waals surface area contributed by atoms with Gasteiger partial charge in [-0.1, -0.05) is 6.92 Å². The molecule has 5 heteroatoms. The summed E-state index contributed by atoms with van der Waals surface area (Å²) in [7, 11) is 3.22. The normalized spacial score (nSPS) is 12.0. The molecule has 2 N–H and O–H groups in total. The molecule has 0 spiro atoms. The standard InChI is InChI=1S/C16H26N2O3/c1-5-8-17-15-7-6-13(9-12(15)2)16(19)18-10-14(21-4)11-20-3/h6-7,9,14,17H,5,8,10-11H2,1-4H3,(H,18,19). The Morgan fingerprint density at radius 3 is 2.67 bits per heavy atom. The van der Waals surface area contributed by atoms with E-state index in [-0.39, 0.29) is 12.0 Å². The lowest BCUT2D eigenvalue weighted by atomic mass is 10.1. The average Bonchev–Trinajstić information content (AvgIpc) is 2.49. The van der Waals surface area contributed by atoms with Crippen LogP contribution >= 0.6 is 0 Å². The van der Waals surface area contributed by atoms with E-state index >= 15 is 0 Å². The van der Waals surface area contributed by atoms with E-state index in [0.29, 0.717) is 18.7 Å². The summed E-state index contributed by atoms with van der Waals surface area (Å²) < 4.78 is 10.2. The van der Waals surface area contributed by atoms with Gasteiger partial charge in [0.05, 0.1) is 12.7 Å². The molecule has 0 aliphatic rings. The summed E-state index contributed by atoms with van der Waals surface area (Å²) >= 11 is 0. The van der Waals surface area contributed by atoms with Crippen molar-refractivity contribution in [2.24, 2.45) is 0 Å². The Labute approximate surface area is 127 Å². The maximum absolute atomic E-state index is 12.1. The molecule has 0 heterocycles. The highest BCUT2D eigenvalue weighted by Crippen LogP contribution is 2.16. The summed E-state index contributed by atoms with van der Waals surface area (Å²) in [6, 6.07) is 5.67. The molecule has 1 unspecified atom stereocenters. The summed E-state index contributed by atoms with van der Waals surface area (Å²) in [5, 5.41) is 6.20. The second-order valence-electron chi connectivity index (χ2n) is 4.98. The molecule has 0 radical (unpaired) electrons. The van der Waals surface area contributed by atoms with E-state index in [9.17, 15) is 4.79 Å². The number of carbonyl (C=O) groups is 1. The minimum Gasteiger partial charge on any atom is -0.385 e. The molecule has 5 nitrogen and oxygen atoms in total. The highest BCUT2D eigenvalue weighted by Gasteiger charge is 2.11. The molecule has 1 aromatic carbocycles. The lowest BCUT2D eigenvalue weighted by molar-refractivity contribution is 0.0285. The molecule has 0 aliphatic heterocycles. The van der Waals surface area contributed by atoms with Gasteiger partial charge in [0, 0.05) is 38.6 Å². The van der Waals surface area contributed by atoms with Crippen molar-refractivity contribution in [2.45, 2.75) is 26.4 Å². The lowest BCUT2D eigenvalue weighted by Crippen LogP contribution is -2.35. The van der Waals surface area contributed by atoms with Gasteiger partial charge < -0.3 is 20.1 Å². The van der Waals surface area contributed by atoms with E-state index in [1.165, 1.54) is 0 Å². The van der Waals surface area contributed by atoms with Gasteiger partial charge in [0.2, 0.25) is 0 Å². The minimum absolute atomic E-state index is 0.0988. The molecule has 0 aliphatic carbocycles. The minimum atomic E-state index is -0.134. The van der Waals surface area contributed by atoms with Gasteiger partial charge in [-0.15, -0.1) is 0 Å². The zero-order chi connectivity index (χ0) is 15.7. The van der Waals surface area contributed by atoms with Crippen molar-refractivity contribution in [3.63, 3.8) is 0 Å². The Hall–Kier alpha value is -1.59. The number of anilines is 1. The Morgan fingerprint density at radius 1 is 1.33 bits per heavy atom. The number of nitrogens with one attached hydrogen (secondary N) is 2. The molecule has 1 aromatic rings. The van der Waals surface area contributed by atoms with Gasteiger partial charge in [0.15, 0.2) is 0 Å². The SMILES string of the molecule is CCCNc1ccc(C(=O)NCC(COC)OC)cc1C. The predicted molar refractivity (Wildman–Crippen MR) is 85.0 cm³/mol. The van der Waals surface area contributed by atoms with Crippen LogP contribution in [-0.2, 0) is 9.47 Å². The van der Waals surface area contributed by atoms with Crippen molar-refractivity contribution < 1.29 is 14.3 Å². The van der Waals surface area contributed by atoms with Gasteiger partial charge in [-0.05, 0) is 37.1 Å². The summed E-state index contributed by atoms with van der Waals surface area (Å²) in [6.45, 7) is 5.93. The monoisotopic (exact) mass is 294 g/mol. The molecule has 0 saturated heterocycles. The van der Waals surface area contributed by atoms with Crippen molar-refractivity contribution in [3.8, 4) is 0 Å². The number of hydrogen-bond donors (Lipinski definition) is 2. The first-order valence-electron chi connectivity index (χ1n) is 7.26. The highest BCUT2D eigenvalue weighted by molar-refractivity contribution is 5.94. The fourth-order valence-corrected chi connectivity index (χ4v) is 1.97. The van der Waals surface area contributed by atoms with Crippen LogP contribution in [0, 0.1) is 6.92 Å². The molecule has 1 amide bonds. The maximum Gasteiger partial charge on any atom is 0.251 e. The van der Waals surface area contributed by atoms with Gasteiger partial charge in [-0.3, -0.25) is 4.79 Å². The van der Waals surface area contributed by atoms with Crippen LogP contribution in [0.3, 0.4) is 0 Å². The summed E-state index contributed by atoms with van der Waals surface area (Å²) in [6.07, 6.45) is 0.935. The number of benzene rings is 1. The molecule has 0 fully saturated rings. The lowest BCUT2D eigenvalue weighted by Gasteiger charge is -2.15. The summed E-state index contributed by atoms with van der Waals surface area (Å²) in [5.74, 6) is -0.0988. The van der Waals surface area contributed by atoms with Crippen LogP contribution in [0.25, 0.3) is 0 Å². The van der Waals surface area contributed by atoms with Gasteiger partial charge >= 0.3 is 0 Å². The van der Waals surface area contributed by atoms with Gasteiger partial charge in [-0.2, -0.15) is 0 Å². The Kier molecular flexibility index (Phi) is 7.79. The number of carbonyl (C=O) groups excluding carboxylic acids is 1. The van der Waals surface area contributed by atoms with Gasteiger partial charge in [0.1, 0.15) is 0 Å². The number of methoxy groups -OCH3 is 2. The van der Waals surface area contributed by atoms with Crippen molar-refractivity contribution in [2.75, 3.05) is 39.2 Å².